The molecule has 2 amide bonds. The van der Waals surface area contributed by atoms with E-state index in [1.54, 1.807) is 19.1 Å². The summed E-state index contributed by atoms with van der Waals surface area (Å²) in [6, 6.07) is 5.14. The third-order valence-electron chi connectivity index (χ3n) is 10.00. The van der Waals surface area contributed by atoms with Gasteiger partial charge in [0.25, 0.3) is 0 Å². The quantitative estimate of drug-likeness (QED) is 0.562. The number of carbonyl (C=O) groups is 3. The summed E-state index contributed by atoms with van der Waals surface area (Å²) in [6.07, 6.45) is 8.26. The summed E-state index contributed by atoms with van der Waals surface area (Å²) in [5, 5.41) is 3.09. The fourth-order valence-electron chi connectivity index (χ4n) is 7.21. The third-order valence-corrected chi connectivity index (χ3v) is 10.00. The number of amides is 2. The summed E-state index contributed by atoms with van der Waals surface area (Å²) in [6.45, 7) is 8.02. The summed E-state index contributed by atoms with van der Waals surface area (Å²) < 4.78 is 13.6. The van der Waals surface area contributed by atoms with Crippen LogP contribution in [0.3, 0.4) is 0 Å². The van der Waals surface area contributed by atoms with Crippen molar-refractivity contribution in [2.24, 2.45) is 23.2 Å². The number of halogens is 1. The molecule has 2 aliphatic heterocycles. The topological polar surface area (TPSA) is 69.7 Å². The van der Waals surface area contributed by atoms with E-state index >= 15 is 0 Å². The molecule has 0 radical (unpaired) electrons. The second-order valence-electron chi connectivity index (χ2n) is 12.4. The number of hydrogen-bond acceptors (Lipinski definition) is 4. The first-order valence-electron chi connectivity index (χ1n) is 14.7. The van der Waals surface area contributed by atoms with Gasteiger partial charge in [-0.2, -0.15) is 0 Å². The summed E-state index contributed by atoms with van der Waals surface area (Å²) in [5.41, 5.74) is 0.478. The van der Waals surface area contributed by atoms with Crippen LogP contribution in [0.1, 0.15) is 77.7 Å². The van der Waals surface area contributed by atoms with Crippen LogP contribution in [0.25, 0.3) is 0 Å². The lowest BCUT2D eigenvalue weighted by Gasteiger charge is -2.47. The predicted octanol–water partition coefficient (Wildman–Crippen LogP) is 4.61. The summed E-state index contributed by atoms with van der Waals surface area (Å²) in [4.78, 5) is 44.2. The van der Waals surface area contributed by atoms with E-state index in [0.29, 0.717) is 50.1 Å². The second-order valence-corrected chi connectivity index (χ2v) is 12.4. The average Bonchev–Trinajstić information content (AvgIpc) is 2.91. The molecule has 1 aromatic rings. The average molecular weight is 528 g/mol. The minimum atomic E-state index is -0.726. The summed E-state index contributed by atoms with van der Waals surface area (Å²) >= 11 is 0. The number of Topliss-reactive ketones (excluding diaryl/α,β-unsaturated/α-hetero) is 1. The zero-order valence-corrected chi connectivity index (χ0v) is 23.7. The normalized spacial score (nSPS) is 27.5. The Morgan fingerprint density at radius 3 is 2.26 bits per heavy atom. The van der Waals surface area contributed by atoms with Crippen LogP contribution < -0.4 is 5.32 Å². The molecule has 7 heteroatoms. The van der Waals surface area contributed by atoms with Gasteiger partial charge >= 0.3 is 0 Å². The van der Waals surface area contributed by atoms with Gasteiger partial charge in [0.05, 0.1) is 6.04 Å². The minimum Gasteiger partial charge on any atom is -0.343 e. The Bertz CT molecular complexity index is 983. The molecule has 4 atom stereocenters. The van der Waals surface area contributed by atoms with Gasteiger partial charge in [0.1, 0.15) is 17.6 Å². The molecule has 3 fully saturated rings. The molecule has 0 aromatic heterocycles. The molecule has 6 nitrogen and oxygen atoms in total. The van der Waals surface area contributed by atoms with Gasteiger partial charge in [-0.25, -0.2) is 4.39 Å². The molecule has 3 aliphatic rings. The molecule has 4 rings (SSSR count). The van der Waals surface area contributed by atoms with Crippen molar-refractivity contribution in [3.8, 4) is 0 Å². The molecular formula is C31H46FN3O3. The van der Waals surface area contributed by atoms with Gasteiger partial charge in [-0.3, -0.25) is 19.3 Å². The highest BCUT2D eigenvalue weighted by molar-refractivity contribution is 5.90. The van der Waals surface area contributed by atoms with E-state index in [2.05, 4.69) is 24.1 Å². The van der Waals surface area contributed by atoms with Crippen molar-refractivity contribution in [1.82, 2.24) is 15.1 Å². The van der Waals surface area contributed by atoms with Gasteiger partial charge in [0.15, 0.2) is 0 Å². The van der Waals surface area contributed by atoms with Crippen molar-refractivity contribution in [3.63, 3.8) is 0 Å². The fraction of sp³-hybridized carbons (Fsp3) is 0.710. The van der Waals surface area contributed by atoms with Crippen LogP contribution in [0.4, 0.5) is 4.39 Å². The van der Waals surface area contributed by atoms with Crippen molar-refractivity contribution in [3.05, 3.63) is 35.6 Å². The van der Waals surface area contributed by atoms with Crippen LogP contribution in [-0.2, 0) is 20.8 Å². The Labute approximate surface area is 227 Å². The standard InChI is InChI=1S/C31H46FN3O3/c1-21-18-28(34(4)20-22(21)2)29(37)33-27(19-24-10-12-26(32)13-11-24)30(38)35-16-14-31(15-17-35,23(3)36)25-8-6-5-7-9-25/h10-13,21-22,25,27-28H,5-9,14-20H2,1-4H3,(H,33,37)/t21?,22?,27-,28?/m1/s1. The highest BCUT2D eigenvalue weighted by atomic mass is 19.1. The zero-order chi connectivity index (χ0) is 27.4. The molecule has 1 aliphatic carbocycles. The van der Waals surface area contributed by atoms with Gasteiger partial charge in [-0.15, -0.1) is 0 Å². The zero-order valence-electron chi connectivity index (χ0n) is 23.7. The number of nitrogens with zero attached hydrogens (tertiary/aromatic N) is 2. The molecular weight excluding hydrogens is 481 g/mol. The van der Waals surface area contributed by atoms with Crippen LogP contribution >= 0.6 is 0 Å². The van der Waals surface area contributed by atoms with Gasteiger partial charge in [-0.05, 0) is 81.5 Å². The Morgan fingerprint density at radius 1 is 1.03 bits per heavy atom. The fourth-order valence-corrected chi connectivity index (χ4v) is 7.21. The second kappa shape index (κ2) is 12.3. The van der Waals surface area contributed by atoms with E-state index < -0.39 is 6.04 Å². The van der Waals surface area contributed by atoms with Gasteiger partial charge < -0.3 is 10.2 Å². The van der Waals surface area contributed by atoms with Crippen molar-refractivity contribution in [1.29, 1.82) is 0 Å². The largest absolute Gasteiger partial charge is 0.343 e. The summed E-state index contributed by atoms with van der Waals surface area (Å²) in [7, 11) is 1.97. The van der Waals surface area contributed by atoms with Crippen LogP contribution in [0.2, 0.25) is 0 Å². The number of likely N-dealkylation sites (N-methyl/N-ethyl adjacent to an activating group) is 1. The first-order valence-corrected chi connectivity index (χ1v) is 14.7. The lowest BCUT2D eigenvalue weighted by atomic mass is 9.62. The maximum atomic E-state index is 13.9. The van der Waals surface area contributed by atoms with E-state index in [1.807, 2.05) is 11.9 Å². The highest BCUT2D eigenvalue weighted by Gasteiger charge is 2.46. The monoisotopic (exact) mass is 527 g/mol. The summed E-state index contributed by atoms with van der Waals surface area (Å²) in [5.74, 6) is 1.05. The Balaban J connectivity index is 1.48. The molecule has 210 valence electrons. The van der Waals surface area contributed by atoms with Crippen molar-refractivity contribution >= 4 is 17.6 Å². The van der Waals surface area contributed by atoms with Crippen LogP contribution in [0.15, 0.2) is 24.3 Å². The lowest BCUT2D eigenvalue weighted by molar-refractivity contribution is -0.145. The molecule has 1 saturated carbocycles. The molecule has 0 bridgehead atoms. The van der Waals surface area contributed by atoms with E-state index in [1.165, 1.54) is 31.4 Å². The van der Waals surface area contributed by atoms with Gasteiger partial charge in [0, 0.05) is 31.5 Å². The van der Waals surface area contributed by atoms with Crippen molar-refractivity contribution in [2.45, 2.75) is 90.6 Å². The smallest absolute Gasteiger partial charge is 0.245 e. The van der Waals surface area contributed by atoms with Gasteiger partial charge in [0.2, 0.25) is 11.8 Å². The number of rotatable bonds is 7. The first-order chi connectivity index (χ1) is 18.1. The SMILES string of the molecule is CC(=O)C1(C2CCCCC2)CCN(C(=O)[C@@H](Cc2ccc(F)cc2)NC(=O)C2CC(C)C(C)CN2C)CC1. The lowest BCUT2D eigenvalue weighted by Crippen LogP contribution is -2.58. The molecule has 1 N–H and O–H groups in total. The number of nitrogens with one attached hydrogen (secondary N) is 1. The number of hydrogen-bond donors (Lipinski definition) is 1. The number of carbonyl (C=O) groups excluding carboxylic acids is 3. The highest BCUT2D eigenvalue weighted by Crippen LogP contribution is 2.46. The molecule has 3 unspecified atom stereocenters. The number of likely N-dealkylation sites (tertiary alicyclic amines) is 2. The van der Waals surface area contributed by atoms with Crippen molar-refractivity contribution in [2.75, 3.05) is 26.7 Å². The van der Waals surface area contributed by atoms with Crippen LogP contribution in [-0.4, -0.2) is 66.2 Å². The maximum Gasteiger partial charge on any atom is 0.245 e. The molecule has 0 spiro atoms. The number of benzene rings is 1. The molecule has 1 aromatic carbocycles. The molecule has 38 heavy (non-hydrogen) atoms. The Morgan fingerprint density at radius 2 is 1.66 bits per heavy atom. The minimum absolute atomic E-state index is 0.108. The van der Waals surface area contributed by atoms with E-state index in [0.717, 1.165) is 31.4 Å². The number of piperidine rings is 2. The maximum absolute atomic E-state index is 13.9. The Hall–Kier alpha value is -2.28. The third kappa shape index (κ3) is 6.30. The van der Waals surface area contributed by atoms with Crippen molar-refractivity contribution < 1.29 is 18.8 Å². The number of ketones is 1. The van der Waals surface area contributed by atoms with Crippen LogP contribution in [0, 0.1) is 29.0 Å². The van der Waals surface area contributed by atoms with Crippen LogP contribution in [0.5, 0.6) is 0 Å². The molecule has 2 saturated heterocycles. The van der Waals surface area contributed by atoms with E-state index in [9.17, 15) is 18.8 Å². The van der Waals surface area contributed by atoms with Gasteiger partial charge in [-0.1, -0.05) is 45.2 Å². The van der Waals surface area contributed by atoms with E-state index in [-0.39, 0.29) is 34.9 Å². The predicted molar refractivity (Wildman–Crippen MR) is 147 cm³/mol. The Kier molecular flexibility index (Phi) is 9.27. The molecule has 2 heterocycles. The van der Waals surface area contributed by atoms with E-state index in [4.69, 9.17) is 0 Å². The first kappa shape index (κ1) is 28.7.